The van der Waals surface area contributed by atoms with Crippen molar-refractivity contribution in [3.05, 3.63) is 64.0 Å². The Labute approximate surface area is 119 Å². The molecule has 3 rings (SSSR count). The third-order valence-corrected chi connectivity index (χ3v) is 3.53. The van der Waals surface area contributed by atoms with E-state index in [-0.39, 0.29) is 0 Å². The Morgan fingerprint density at radius 2 is 2.00 bits per heavy atom. The fraction of sp³-hybridized carbons (Fsp3) is 0.0714. The van der Waals surface area contributed by atoms with Crippen molar-refractivity contribution in [3.8, 4) is 5.75 Å². The normalized spacial score (nSPS) is 10.7. The van der Waals surface area contributed by atoms with Crippen LogP contribution in [0.3, 0.4) is 0 Å². The van der Waals surface area contributed by atoms with E-state index in [1.165, 1.54) is 5.56 Å². The van der Waals surface area contributed by atoms with Crippen molar-refractivity contribution in [3.63, 3.8) is 0 Å². The zero-order valence-corrected chi connectivity index (χ0v) is 11.7. The SMILES string of the molecule is Ic1cnn2ccc(OCc3ccccc3)cc12. The van der Waals surface area contributed by atoms with Crippen LogP contribution in [0.25, 0.3) is 5.52 Å². The van der Waals surface area contributed by atoms with Gasteiger partial charge in [0.15, 0.2) is 0 Å². The lowest BCUT2D eigenvalue weighted by Crippen LogP contribution is -1.96. The van der Waals surface area contributed by atoms with Gasteiger partial charge >= 0.3 is 0 Å². The minimum atomic E-state index is 0.585. The molecule has 0 saturated heterocycles. The molecular weight excluding hydrogens is 339 g/mol. The zero-order chi connectivity index (χ0) is 12.4. The molecule has 0 unspecified atom stereocenters. The summed E-state index contributed by atoms with van der Waals surface area (Å²) in [5, 5.41) is 4.23. The van der Waals surface area contributed by atoms with E-state index < -0.39 is 0 Å². The van der Waals surface area contributed by atoms with Gasteiger partial charge in [-0.1, -0.05) is 30.3 Å². The van der Waals surface area contributed by atoms with Crippen LogP contribution in [0.5, 0.6) is 5.75 Å². The van der Waals surface area contributed by atoms with Gasteiger partial charge in [-0.15, -0.1) is 0 Å². The predicted octanol–water partition coefficient (Wildman–Crippen LogP) is 3.52. The molecule has 18 heavy (non-hydrogen) atoms. The lowest BCUT2D eigenvalue weighted by atomic mass is 10.2. The highest BCUT2D eigenvalue weighted by atomic mass is 127. The van der Waals surface area contributed by atoms with Crippen molar-refractivity contribution < 1.29 is 4.74 Å². The average Bonchev–Trinajstić information content (AvgIpc) is 2.79. The molecular formula is C14H11IN2O. The largest absolute Gasteiger partial charge is 0.489 e. The molecule has 0 aliphatic carbocycles. The lowest BCUT2D eigenvalue weighted by Gasteiger charge is -2.06. The molecule has 90 valence electrons. The summed E-state index contributed by atoms with van der Waals surface area (Å²) in [5.41, 5.74) is 2.24. The van der Waals surface area contributed by atoms with Crippen molar-refractivity contribution in [1.82, 2.24) is 9.61 Å². The Balaban J connectivity index is 1.80. The Bertz CT molecular complexity index is 664. The van der Waals surface area contributed by atoms with Crippen LogP contribution in [0.2, 0.25) is 0 Å². The Kier molecular flexibility index (Phi) is 3.19. The van der Waals surface area contributed by atoms with Gasteiger partial charge in [0.05, 0.1) is 15.3 Å². The second-order valence-corrected chi connectivity index (χ2v) is 5.12. The molecule has 0 radical (unpaired) electrons. The number of aromatic nitrogens is 2. The third-order valence-electron chi connectivity index (χ3n) is 2.69. The Morgan fingerprint density at radius 3 is 2.83 bits per heavy atom. The first-order valence-electron chi connectivity index (χ1n) is 5.62. The molecule has 0 bridgehead atoms. The van der Waals surface area contributed by atoms with E-state index in [2.05, 4.69) is 39.8 Å². The maximum absolute atomic E-state index is 5.78. The number of ether oxygens (including phenoxy) is 1. The minimum absolute atomic E-state index is 0.585. The van der Waals surface area contributed by atoms with Gasteiger partial charge < -0.3 is 4.74 Å². The van der Waals surface area contributed by atoms with Gasteiger partial charge in [0, 0.05) is 12.3 Å². The topological polar surface area (TPSA) is 26.5 Å². The van der Waals surface area contributed by atoms with Crippen molar-refractivity contribution >= 4 is 28.1 Å². The van der Waals surface area contributed by atoms with Crippen LogP contribution in [0, 0.1) is 3.57 Å². The van der Waals surface area contributed by atoms with Gasteiger partial charge in [-0.05, 0) is 34.2 Å². The highest BCUT2D eigenvalue weighted by molar-refractivity contribution is 14.1. The summed E-state index contributed by atoms with van der Waals surface area (Å²) in [6.07, 6.45) is 3.76. The van der Waals surface area contributed by atoms with E-state index in [0.29, 0.717) is 6.61 Å². The number of halogens is 1. The van der Waals surface area contributed by atoms with E-state index in [1.54, 1.807) is 0 Å². The first-order chi connectivity index (χ1) is 8.83. The number of fused-ring (bicyclic) bond motifs is 1. The molecule has 0 aliphatic heterocycles. The maximum Gasteiger partial charge on any atom is 0.123 e. The molecule has 0 fully saturated rings. The van der Waals surface area contributed by atoms with Crippen LogP contribution in [0.15, 0.2) is 54.9 Å². The highest BCUT2D eigenvalue weighted by Crippen LogP contribution is 2.19. The molecule has 0 spiro atoms. The number of hydrogen-bond donors (Lipinski definition) is 0. The number of rotatable bonds is 3. The summed E-state index contributed by atoms with van der Waals surface area (Å²) in [4.78, 5) is 0. The standard InChI is InChI=1S/C14H11IN2O/c15-13-9-16-17-7-6-12(8-14(13)17)18-10-11-4-2-1-3-5-11/h1-9H,10H2. The zero-order valence-electron chi connectivity index (χ0n) is 9.58. The molecule has 0 amide bonds. The van der Waals surface area contributed by atoms with E-state index in [0.717, 1.165) is 14.8 Å². The predicted molar refractivity (Wildman–Crippen MR) is 78.7 cm³/mol. The molecule has 0 N–H and O–H groups in total. The summed E-state index contributed by atoms with van der Waals surface area (Å²) in [7, 11) is 0. The molecule has 4 heteroatoms. The monoisotopic (exact) mass is 350 g/mol. The van der Waals surface area contributed by atoms with Crippen LogP contribution in [-0.4, -0.2) is 9.61 Å². The van der Waals surface area contributed by atoms with Crippen molar-refractivity contribution in [2.24, 2.45) is 0 Å². The van der Waals surface area contributed by atoms with Crippen LogP contribution in [-0.2, 0) is 6.61 Å². The van der Waals surface area contributed by atoms with Gasteiger partial charge in [-0.3, -0.25) is 0 Å². The minimum Gasteiger partial charge on any atom is -0.489 e. The van der Waals surface area contributed by atoms with Crippen molar-refractivity contribution in [2.45, 2.75) is 6.61 Å². The summed E-state index contributed by atoms with van der Waals surface area (Å²) < 4.78 is 8.75. The van der Waals surface area contributed by atoms with Crippen LogP contribution >= 0.6 is 22.6 Å². The van der Waals surface area contributed by atoms with Crippen molar-refractivity contribution in [2.75, 3.05) is 0 Å². The molecule has 0 saturated carbocycles. The summed E-state index contributed by atoms with van der Waals surface area (Å²) in [5.74, 6) is 0.866. The fourth-order valence-electron chi connectivity index (χ4n) is 1.76. The molecule has 0 atom stereocenters. The molecule has 2 aromatic heterocycles. The smallest absolute Gasteiger partial charge is 0.123 e. The van der Waals surface area contributed by atoms with Crippen LogP contribution in [0.1, 0.15) is 5.56 Å². The highest BCUT2D eigenvalue weighted by Gasteiger charge is 2.02. The number of hydrogen-bond acceptors (Lipinski definition) is 2. The van der Waals surface area contributed by atoms with E-state index >= 15 is 0 Å². The first-order valence-corrected chi connectivity index (χ1v) is 6.70. The molecule has 0 aliphatic rings. The molecule has 2 heterocycles. The summed E-state index contributed by atoms with van der Waals surface area (Å²) >= 11 is 2.27. The van der Waals surface area contributed by atoms with Gasteiger partial charge in [0.2, 0.25) is 0 Å². The van der Waals surface area contributed by atoms with E-state index in [1.807, 2.05) is 47.2 Å². The number of benzene rings is 1. The van der Waals surface area contributed by atoms with Crippen molar-refractivity contribution in [1.29, 1.82) is 0 Å². The van der Waals surface area contributed by atoms with Gasteiger partial charge in [0.25, 0.3) is 0 Å². The second kappa shape index (κ2) is 4.97. The lowest BCUT2D eigenvalue weighted by molar-refractivity contribution is 0.306. The number of pyridine rings is 1. The average molecular weight is 350 g/mol. The maximum atomic E-state index is 5.78. The molecule has 3 nitrogen and oxygen atoms in total. The van der Waals surface area contributed by atoms with Gasteiger partial charge in [0.1, 0.15) is 12.4 Å². The Morgan fingerprint density at radius 1 is 1.17 bits per heavy atom. The van der Waals surface area contributed by atoms with Crippen LogP contribution in [0.4, 0.5) is 0 Å². The summed E-state index contributed by atoms with van der Waals surface area (Å²) in [6.45, 7) is 0.585. The molecule has 1 aromatic carbocycles. The number of nitrogens with zero attached hydrogens (tertiary/aromatic N) is 2. The van der Waals surface area contributed by atoms with E-state index in [9.17, 15) is 0 Å². The second-order valence-electron chi connectivity index (χ2n) is 3.96. The third kappa shape index (κ3) is 2.33. The fourth-order valence-corrected chi connectivity index (χ4v) is 2.29. The summed E-state index contributed by atoms with van der Waals surface area (Å²) in [6, 6.07) is 14.1. The first kappa shape index (κ1) is 11.5. The Hall–Kier alpha value is -1.56. The van der Waals surface area contributed by atoms with Crippen LogP contribution < -0.4 is 4.74 Å². The molecule has 3 aromatic rings. The van der Waals surface area contributed by atoms with Gasteiger partial charge in [-0.2, -0.15) is 5.10 Å². The van der Waals surface area contributed by atoms with Gasteiger partial charge in [-0.25, -0.2) is 4.52 Å². The van der Waals surface area contributed by atoms with E-state index in [4.69, 9.17) is 4.74 Å². The quantitative estimate of drug-likeness (QED) is 0.676.